The topological polar surface area (TPSA) is 61.4 Å². The molecule has 2 N–H and O–H groups in total. The van der Waals surface area contributed by atoms with Gasteiger partial charge < -0.3 is 15.5 Å². The van der Waals surface area contributed by atoms with E-state index in [9.17, 15) is 9.59 Å². The number of carbonyl (C=O) groups is 2. The summed E-state index contributed by atoms with van der Waals surface area (Å²) in [6.07, 6.45) is 2.81. The molecule has 0 unspecified atom stereocenters. The van der Waals surface area contributed by atoms with Gasteiger partial charge in [-0.3, -0.25) is 4.79 Å². The lowest BCUT2D eigenvalue weighted by molar-refractivity contribution is -0.126. The lowest BCUT2D eigenvalue weighted by Crippen LogP contribution is -2.51. The van der Waals surface area contributed by atoms with Crippen molar-refractivity contribution >= 4 is 11.9 Å². The van der Waals surface area contributed by atoms with Crippen LogP contribution in [0.15, 0.2) is 24.3 Å². The van der Waals surface area contributed by atoms with Gasteiger partial charge in [0.25, 0.3) is 0 Å². The van der Waals surface area contributed by atoms with Crippen molar-refractivity contribution < 1.29 is 9.59 Å². The first kappa shape index (κ1) is 19.3. The molecule has 1 fully saturated rings. The largest absolute Gasteiger partial charge is 0.356 e. The van der Waals surface area contributed by atoms with Crippen LogP contribution in [0.25, 0.3) is 0 Å². The zero-order valence-electron chi connectivity index (χ0n) is 15.7. The number of hydrogen-bond acceptors (Lipinski definition) is 2. The van der Waals surface area contributed by atoms with E-state index in [4.69, 9.17) is 0 Å². The lowest BCUT2D eigenvalue weighted by atomic mass is 9.83. The van der Waals surface area contributed by atoms with E-state index in [2.05, 4.69) is 42.7 Å². The molecular formula is C20H31N3O2. The highest BCUT2D eigenvalue weighted by atomic mass is 16.2. The predicted molar refractivity (Wildman–Crippen MR) is 101 cm³/mol. The number of hydrogen-bond donors (Lipinski definition) is 2. The van der Waals surface area contributed by atoms with Gasteiger partial charge in [-0.05, 0) is 32.3 Å². The molecule has 138 valence electrons. The van der Waals surface area contributed by atoms with Crippen LogP contribution in [-0.4, -0.2) is 43.0 Å². The number of piperidine rings is 1. The quantitative estimate of drug-likeness (QED) is 0.779. The van der Waals surface area contributed by atoms with E-state index in [0.29, 0.717) is 26.2 Å². The van der Waals surface area contributed by atoms with Gasteiger partial charge in [0, 0.05) is 32.1 Å². The SMILES string of the molecule is CCCCNC(=O)N1C[C@H](C(=O)NCC)C[C@@H](c2cccc(C)c2)C1. The molecule has 1 aromatic carbocycles. The summed E-state index contributed by atoms with van der Waals surface area (Å²) in [7, 11) is 0. The maximum Gasteiger partial charge on any atom is 0.317 e. The van der Waals surface area contributed by atoms with Crippen molar-refractivity contribution in [2.45, 2.75) is 46.0 Å². The Kier molecular flexibility index (Phi) is 7.29. The second-order valence-corrected chi connectivity index (χ2v) is 6.93. The molecule has 1 aliphatic heterocycles. The molecule has 0 bridgehead atoms. The standard InChI is InChI=1S/C20H31N3O2/c1-4-6-10-22-20(25)23-13-17(16-9-7-8-15(3)11-16)12-18(14-23)19(24)21-5-2/h7-9,11,17-18H,4-6,10,12-14H2,1-3H3,(H,21,24)(H,22,25)/t17-,18-/m1/s1. The summed E-state index contributed by atoms with van der Waals surface area (Å²) in [5, 5.41) is 5.90. The normalized spacial score (nSPS) is 20.2. The number of nitrogens with one attached hydrogen (secondary N) is 2. The number of nitrogens with zero attached hydrogens (tertiary/aromatic N) is 1. The van der Waals surface area contributed by atoms with Crippen LogP contribution in [0.5, 0.6) is 0 Å². The van der Waals surface area contributed by atoms with Crippen LogP contribution in [0.1, 0.15) is 50.2 Å². The average molecular weight is 345 g/mol. The molecule has 1 heterocycles. The number of urea groups is 1. The van der Waals surface area contributed by atoms with Crippen molar-refractivity contribution in [3.63, 3.8) is 0 Å². The van der Waals surface area contributed by atoms with Crippen LogP contribution in [-0.2, 0) is 4.79 Å². The summed E-state index contributed by atoms with van der Waals surface area (Å²) in [6, 6.07) is 8.33. The maximum atomic E-state index is 12.5. The fourth-order valence-corrected chi connectivity index (χ4v) is 3.42. The van der Waals surface area contributed by atoms with E-state index < -0.39 is 0 Å². The number of amides is 3. The second kappa shape index (κ2) is 9.44. The van der Waals surface area contributed by atoms with Gasteiger partial charge in [-0.2, -0.15) is 0 Å². The summed E-state index contributed by atoms with van der Waals surface area (Å²) in [4.78, 5) is 26.7. The van der Waals surface area contributed by atoms with Crippen molar-refractivity contribution in [3.8, 4) is 0 Å². The molecular weight excluding hydrogens is 314 g/mol. The molecule has 0 spiro atoms. The highest BCUT2D eigenvalue weighted by Gasteiger charge is 2.34. The molecule has 0 aliphatic carbocycles. The highest BCUT2D eigenvalue weighted by Crippen LogP contribution is 2.31. The molecule has 3 amide bonds. The van der Waals surface area contributed by atoms with Crippen LogP contribution in [0.2, 0.25) is 0 Å². The molecule has 5 nitrogen and oxygen atoms in total. The van der Waals surface area contributed by atoms with Gasteiger partial charge >= 0.3 is 6.03 Å². The molecule has 1 aromatic rings. The van der Waals surface area contributed by atoms with E-state index in [1.54, 1.807) is 0 Å². The second-order valence-electron chi connectivity index (χ2n) is 6.93. The van der Waals surface area contributed by atoms with Crippen molar-refractivity contribution in [2.75, 3.05) is 26.2 Å². The van der Waals surface area contributed by atoms with Gasteiger partial charge in [-0.15, -0.1) is 0 Å². The molecule has 2 atom stereocenters. The smallest absolute Gasteiger partial charge is 0.317 e. The molecule has 0 radical (unpaired) electrons. The Morgan fingerprint density at radius 1 is 1.20 bits per heavy atom. The van der Waals surface area contributed by atoms with E-state index in [-0.39, 0.29) is 23.8 Å². The van der Waals surface area contributed by atoms with Gasteiger partial charge in [0.15, 0.2) is 0 Å². The minimum atomic E-state index is -0.156. The van der Waals surface area contributed by atoms with Gasteiger partial charge in [-0.1, -0.05) is 43.2 Å². The monoisotopic (exact) mass is 345 g/mol. The highest BCUT2D eigenvalue weighted by molar-refractivity contribution is 5.81. The molecule has 5 heteroatoms. The number of benzene rings is 1. The Balaban J connectivity index is 2.13. The Hall–Kier alpha value is -2.04. The predicted octanol–water partition coefficient (Wildman–Crippen LogP) is 3.05. The van der Waals surface area contributed by atoms with Crippen LogP contribution >= 0.6 is 0 Å². The molecule has 0 saturated carbocycles. The lowest BCUT2D eigenvalue weighted by Gasteiger charge is -2.37. The van der Waals surface area contributed by atoms with E-state index in [1.165, 1.54) is 11.1 Å². The van der Waals surface area contributed by atoms with Crippen LogP contribution < -0.4 is 10.6 Å². The number of carbonyl (C=O) groups excluding carboxylic acids is 2. The first-order chi connectivity index (χ1) is 12.0. The first-order valence-corrected chi connectivity index (χ1v) is 9.42. The molecule has 1 aliphatic rings. The molecule has 0 aromatic heterocycles. The van der Waals surface area contributed by atoms with E-state index in [1.807, 2.05) is 17.9 Å². The Morgan fingerprint density at radius 3 is 2.68 bits per heavy atom. The van der Waals surface area contributed by atoms with Crippen LogP contribution in [0, 0.1) is 12.8 Å². The van der Waals surface area contributed by atoms with Crippen molar-refractivity contribution in [2.24, 2.45) is 5.92 Å². The van der Waals surface area contributed by atoms with Crippen molar-refractivity contribution in [1.29, 1.82) is 0 Å². The summed E-state index contributed by atoms with van der Waals surface area (Å²) >= 11 is 0. The van der Waals surface area contributed by atoms with Gasteiger partial charge in [0.2, 0.25) is 5.91 Å². The fraction of sp³-hybridized carbons (Fsp3) is 0.600. The van der Waals surface area contributed by atoms with Gasteiger partial charge in [-0.25, -0.2) is 4.79 Å². The fourth-order valence-electron chi connectivity index (χ4n) is 3.42. The number of aryl methyl sites for hydroxylation is 1. The summed E-state index contributed by atoms with van der Waals surface area (Å²) in [6.45, 7) is 8.56. The minimum Gasteiger partial charge on any atom is -0.356 e. The minimum absolute atomic E-state index is 0.0474. The Bertz CT molecular complexity index is 588. The number of rotatable bonds is 6. The average Bonchev–Trinajstić information content (AvgIpc) is 2.61. The van der Waals surface area contributed by atoms with Crippen LogP contribution in [0.3, 0.4) is 0 Å². The van der Waals surface area contributed by atoms with Crippen LogP contribution in [0.4, 0.5) is 4.79 Å². The summed E-state index contributed by atoms with van der Waals surface area (Å²) in [5.74, 6) is 0.0838. The first-order valence-electron chi connectivity index (χ1n) is 9.42. The zero-order valence-corrected chi connectivity index (χ0v) is 15.7. The summed E-state index contributed by atoms with van der Waals surface area (Å²) < 4.78 is 0. The third-order valence-electron chi connectivity index (χ3n) is 4.78. The third kappa shape index (κ3) is 5.48. The van der Waals surface area contributed by atoms with E-state index in [0.717, 1.165) is 19.3 Å². The third-order valence-corrected chi connectivity index (χ3v) is 4.78. The van der Waals surface area contributed by atoms with Gasteiger partial charge in [0.1, 0.15) is 0 Å². The molecule has 2 rings (SSSR count). The Morgan fingerprint density at radius 2 is 2.00 bits per heavy atom. The van der Waals surface area contributed by atoms with Crippen molar-refractivity contribution in [3.05, 3.63) is 35.4 Å². The van der Waals surface area contributed by atoms with Crippen molar-refractivity contribution in [1.82, 2.24) is 15.5 Å². The number of unbranched alkanes of at least 4 members (excludes halogenated alkanes) is 1. The zero-order chi connectivity index (χ0) is 18.2. The van der Waals surface area contributed by atoms with Gasteiger partial charge in [0.05, 0.1) is 5.92 Å². The maximum absolute atomic E-state index is 12.5. The summed E-state index contributed by atoms with van der Waals surface area (Å²) in [5.41, 5.74) is 2.41. The molecule has 25 heavy (non-hydrogen) atoms. The Labute approximate surface area is 151 Å². The van der Waals surface area contributed by atoms with E-state index >= 15 is 0 Å². The number of likely N-dealkylation sites (tertiary alicyclic amines) is 1. The molecule has 1 saturated heterocycles.